The lowest BCUT2D eigenvalue weighted by molar-refractivity contribution is 0.498. The molecule has 0 saturated heterocycles. The molecule has 2 aromatic rings. The van der Waals surface area contributed by atoms with Crippen LogP contribution in [0.3, 0.4) is 0 Å². The van der Waals surface area contributed by atoms with Crippen molar-refractivity contribution in [3.63, 3.8) is 0 Å². The van der Waals surface area contributed by atoms with Crippen molar-refractivity contribution in [1.29, 1.82) is 0 Å². The molecule has 1 aromatic heterocycles. The van der Waals surface area contributed by atoms with Gasteiger partial charge in [-0.2, -0.15) is 0 Å². The van der Waals surface area contributed by atoms with Crippen molar-refractivity contribution in [3.05, 3.63) is 53.5 Å². The molecule has 0 atom stereocenters. The Morgan fingerprint density at radius 2 is 1.80 bits per heavy atom. The van der Waals surface area contributed by atoms with Crippen LogP contribution in [-0.4, -0.2) is 9.97 Å². The van der Waals surface area contributed by atoms with E-state index in [1.165, 1.54) is 18.4 Å². The summed E-state index contributed by atoms with van der Waals surface area (Å²) in [6, 6.07) is 12.5. The second-order valence-corrected chi connectivity index (χ2v) is 5.52. The molecule has 1 aliphatic carbocycles. The van der Waals surface area contributed by atoms with Crippen LogP contribution in [0.5, 0.6) is 0 Å². The number of anilines is 1. The van der Waals surface area contributed by atoms with Crippen LogP contribution in [0.1, 0.15) is 42.8 Å². The molecule has 1 heterocycles. The molecular formula is C16H20N4. The van der Waals surface area contributed by atoms with E-state index in [4.69, 9.17) is 10.8 Å². The molecule has 1 aromatic carbocycles. The van der Waals surface area contributed by atoms with Crippen molar-refractivity contribution >= 4 is 5.82 Å². The Morgan fingerprint density at radius 1 is 1.10 bits per heavy atom. The molecule has 0 radical (unpaired) electrons. The van der Waals surface area contributed by atoms with E-state index in [1.54, 1.807) is 0 Å². The van der Waals surface area contributed by atoms with E-state index in [0.29, 0.717) is 5.82 Å². The summed E-state index contributed by atoms with van der Waals surface area (Å²) in [6.45, 7) is 1.99. The summed E-state index contributed by atoms with van der Waals surface area (Å²) in [5, 5.41) is 0. The quantitative estimate of drug-likeness (QED) is 0.663. The minimum absolute atomic E-state index is 0.0567. The SMILES string of the molecule is Cc1cc(NN)nc(C2(c3ccccc3)CCCC2)n1. The predicted octanol–water partition coefficient (Wildman–Crippen LogP) is 2.93. The lowest BCUT2D eigenvalue weighted by atomic mass is 9.78. The monoisotopic (exact) mass is 268 g/mol. The van der Waals surface area contributed by atoms with Crippen molar-refractivity contribution in [2.75, 3.05) is 5.43 Å². The Balaban J connectivity index is 2.14. The number of hydrazine groups is 1. The third-order valence-electron chi connectivity index (χ3n) is 4.21. The van der Waals surface area contributed by atoms with Crippen LogP contribution in [0.2, 0.25) is 0 Å². The molecule has 104 valence electrons. The highest BCUT2D eigenvalue weighted by atomic mass is 15.3. The van der Waals surface area contributed by atoms with Gasteiger partial charge in [-0.15, -0.1) is 0 Å². The Labute approximate surface area is 119 Å². The van der Waals surface area contributed by atoms with E-state index < -0.39 is 0 Å². The smallest absolute Gasteiger partial charge is 0.143 e. The number of aryl methyl sites for hydroxylation is 1. The van der Waals surface area contributed by atoms with E-state index in [2.05, 4.69) is 40.7 Å². The Kier molecular flexibility index (Phi) is 3.40. The normalized spacial score (nSPS) is 17.1. The molecule has 3 N–H and O–H groups in total. The van der Waals surface area contributed by atoms with Crippen LogP contribution in [0, 0.1) is 6.92 Å². The number of rotatable bonds is 3. The first kappa shape index (κ1) is 13.1. The highest BCUT2D eigenvalue weighted by molar-refractivity contribution is 5.40. The van der Waals surface area contributed by atoms with Crippen LogP contribution in [-0.2, 0) is 5.41 Å². The first-order valence-corrected chi connectivity index (χ1v) is 7.13. The van der Waals surface area contributed by atoms with E-state index in [1.807, 2.05) is 13.0 Å². The fourth-order valence-corrected chi connectivity index (χ4v) is 3.23. The molecule has 4 nitrogen and oxygen atoms in total. The summed E-state index contributed by atoms with van der Waals surface area (Å²) in [5.74, 6) is 7.11. The molecule has 3 rings (SSSR count). The van der Waals surface area contributed by atoms with Gasteiger partial charge < -0.3 is 5.43 Å². The van der Waals surface area contributed by atoms with Crippen LogP contribution < -0.4 is 11.3 Å². The number of hydrogen-bond acceptors (Lipinski definition) is 4. The Bertz CT molecular complexity index is 589. The van der Waals surface area contributed by atoms with Gasteiger partial charge in [0, 0.05) is 11.8 Å². The molecule has 0 amide bonds. The summed E-state index contributed by atoms with van der Waals surface area (Å²) in [7, 11) is 0. The standard InChI is InChI=1S/C16H20N4/c1-12-11-14(20-17)19-15(18-12)16(9-5-6-10-16)13-7-3-2-4-8-13/h2-4,7-8,11H,5-6,9-10,17H2,1H3,(H,18,19,20). The maximum absolute atomic E-state index is 5.53. The average Bonchev–Trinajstić information content (AvgIpc) is 2.98. The minimum Gasteiger partial charge on any atom is -0.308 e. The first-order chi connectivity index (χ1) is 9.74. The summed E-state index contributed by atoms with van der Waals surface area (Å²) in [5.41, 5.74) is 4.85. The third-order valence-corrected chi connectivity index (χ3v) is 4.21. The Hall–Kier alpha value is -1.94. The van der Waals surface area contributed by atoms with Gasteiger partial charge in [-0.1, -0.05) is 43.2 Å². The van der Waals surface area contributed by atoms with Gasteiger partial charge in [-0.25, -0.2) is 15.8 Å². The summed E-state index contributed by atoms with van der Waals surface area (Å²) >= 11 is 0. The highest BCUT2D eigenvalue weighted by Crippen LogP contribution is 2.45. The molecule has 20 heavy (non-hydrogen) atoms. The van der Waals surface area contributed by atoms with Gasteiger partial charge in [0.1, 0.15) is 11.6 Å². The number of nitrogen functional groups attached to an aromatic ring is 1. The average molecular weight is 268 g/mol. The fourth-order valence-electron chi connectivity index (χ4n) is 3.23. The first-order valence-electron chi connectivity index (χ1n) is 7.13. The maximum Gasteiger partial charge on any atom is 0.143 e. The number of aromatic nitrogens is 2. The topological polar surface area (TPSA) is 63.8 Å². The van der Waals surface area contributed by atoms with Gasteiger partial charge >= 0.3 is 0 Å². The summed E-state index contributed by atoms with van der Waals surface area (Å²) in [6.07, 6.45) is 4.64. The van der Waals surface area contributed by atoms with E-state index in [9.17, 15) is 0 Å². The molecule has 1 fully saturated rings. The third kappa shape index (κ3) is 2.16. The molecule has 1 aliphatic rings. The molecule has 0 unspecified atom stereocenters. The summed E-state index contributed by atoms with van der Waals surface area (Å²) in [4.78, 5) is 9.34. The van der Waals surface area contributed by atoms with Crippen molar-refractivity contribution < 1.29 is 0 Å². The van der Waals surface area contributed by atoms with E-state index >= 15 is 0 Å². The van der Waals surface area contributed by atoms with Crippen LogP contribution in [0.25, 0.3) is 0 Å². The second kappa shape index (κ2) is 5.21. The predicted molar refractivity (Wildman–Crippen MR) is 80.3 cm³/mol. The van der Waals surface area contributed by atoms with Crippen LogP contribution >= 0.6 is 0 Å². The van der Waals surface area contributed by atoms with Gasteiger partial charge in [0.25, 0.3) is 0 Å². The molecule has 0 aliphatic heterocycles. The Morgan fingerprint density at radius 3 is 2.45 bits per heavy atom. The van der Waals surface area contributed by atoms with Gasteiger partial charge in [0.15, 0.2) is 0 Å². The van der Waals surface area contributed by atoms with Crippen molar-refractivity contribution in [2.45, 2.75) is 38.0 Å². The summed E-state index contributed by atoms with van der Waals surface area (Å²) < 4.78 is 0. The molecular weight excluding hydrogens is 248 g/mol. The molecule has 0 bridgehead atoms. The largest absolute Gasteiger partial charge is 0.308 e. The van der Waals surface area contributed by atoms with Gasteiger partial charge in [0.2, 0.25) is 0 Å². The van der Waals surface area contributed by atoms with E-state index in [-0.39, 0.29) is 5.41 Å². The number of nitrogens with two attached hydrogens (primary N) is 1. The number of benzene rings is 1. The van der Waals surface area contributed by atoms with Crippen molar-refractivity contribution in [2.24, 2.45) is 5.84 Å². The van der Waals surface area contributed by atoms with Crippen molar-refractivity contribution in [3.8, 4) is 0 Å². The van der Waals surface area contributed by atoms with Gasteiger partial charge in [0.05, 0.1) is 5.41 Å². The van der Waals surface area contributed by atoms with Crippen molar-refractivity contribution in [1.82, 2.24) is 9.97 Å². The molecule has 4 heteroatoms. The van der Waals surface area contributed by atoms with Crippen LogP contribution in [0.15, 0.2) is 36.4 Å². The van der Waals surface area contributed by atoms with Crippen LogP contribution in [0.4, 0.5) is 5.82 Å². The lowest BCUT2D eigenvalue weighted by Gasteiger charge is -2.28. The molecule has 1 saturated carbocycles. The maximum atomic E-state index is 5.53. The number of hydrogen-bond donors (Lipinski definition) is 2. The minimum atomic E-state index is -0.0567. The van der Waals surface area contributed by atoms with E-state index in [0.717, 1.165) is 24.4 Å². The number of nitrogens with one attached hydrogen (secondary N) is 1. The highest BCUT2D eigenvalue weighted by Gasteiger charge is 2.40. The van der Waals surface area contributed by atoms with Gasteiger partial charge in [-0.05, 0) is 25.3 Å². The lowest BCUT2D eigenvalue weighted by Crippen LogP contribution is -2.27. The zero-order valence-electron chi connectivity index (χ0n) is 11.8. The zero-order valence-corrected chi connectivity index (χ0v) is 11.8. The molecule has 0 spiro atoms. The van der Waals surface area contributed by atoms with Gasteiger partial charge in [-0.3, -0.25) is 0 Å². The second-order valence-electron chi connectivity index (χ2n) is 5.52. The zero-order chi connectivity index (χ0) is 14.0. The fraction of sp³-hybridized carbons (Fsp3) is 0.375. The number of nitrogens with zero attached hydrogens (tertiary/aromatic N) is 2.